The van der Waals surface area contributed by atoms with Crippen LogP contribution in [0.5, 0.6) is 23.0 Å². The smallest absolute Gasteiger partial charge is 0.311 e. The molecule has 0 saturated heterocycles. The number of methoxy groups -OCH3 is 1. The fraction of sp³-hybridized carbons (Fsp3) is 0.148. The Morgan fingerprint density at radius 2 is 1.44 bits per heavy atom. The predicted octanol–water partition coefficient (Wildman–Crippen LogP) is 5.93. The molecule has 0 bridgehead atoms. The van der Waals surface area contributed by atoms with Gasteiger partial charge in [0.2, 0.25) is 6.79 Å². The average molecular weight is 431 g/mol. The van der Waals surface area contributed by atoms with E-state index in [1.807, 2.05) is 48.5 Å². The Kier molecular flexibility index (Phi) is 8.09. The van der Waals surface area contributed by atoms with Gasteiger partial charge in [0, 0.05) is 6.42 Å². The maximum absolute atomic E-state index is 12.2. The van der Waals surface area contributed by atoms with E-state index in [-0.39, 0.29) is 19.2 Å². The van der Waals surface area contributed by atoms with Crippen molar-refractivity contribution in [3.8, 4) is 23.0 Å². The summed E-state index contributed by atoms with van der Waals surface area (Å²) < 4.78 is 22.1. The van der Waals surface area contributed by atoms with Crippen LogP contribution >= 0.6 is 0 Å². The number of benzene rings is 3. The van der Waals surface area contributed by atoms with Crippen molar-refractivity contribution in [3.05, 3.63) is 96.6 Å². The van der Waals surface area contributed by atoms with Gasteiger partial charge in [-0.15, -0.1) is 0 Å². The lowest BCUT2D eigenvalue weighted by Gasteiger charge is -2.13. The topological polar surface area (TPSA) is 54.0 Å². The number of ether oxygens (including phenoxy) is 4. The van der Waals surface area contributed by atoms with E-state index in [4.69, 9.17) is 18.9 Å². The summed E-state index contributed by atoms with van der Waals surface area (Å²) in [5.74, 6) is 2.04. The first-order chi connectivity index (χ1) is 15.6. The fourth-order valence-electron chi connectivity index (χ4n) is 2.95. The molecule has 5 heteroatoms. The van der Waals surface area contributed by atoms with Crippen molar-refractivity contribution < 1.29 is 23.7 Å². The molecule has 0 unspecified atom stereocenters. The van der Waals surface area contributed by atoms with Gasteiger partial charge in [0.05, 0.1) is 7.11 Å². The number of carbonyl (C=O) groups excluding carboxylic acids is 1. The predicted molar refractivity (Wildman–Crippen MR) is 126 cm³/mol. The molecule has 0 aliphatic rings. The summed E-state index contributed by atoms with van der Waals surface area (Å²) in [6.07, 6.45) is 4.27. The first-order valence-corrected chi connectivity index (χ1v) is 10.2. The van der Waals surface area contributed by atoms with Crippen molar-refractivity contribution in [2.75, 3.05) is 13.9 Å². The molecule has 0 atom stereocenters. The standard InChI is InChI=1S/C27H26O5/c1-4-20-6-12-23(13-7-20)30-19-31-25-16-10-22(18-26(25)29-3)11-17-27(28)32-24-14-8-21(5-2)9-15-24/h4-10,12-16,18H,1-2,11,17,19H2,3H3. The molecule has 32 heavy (non-hydrogen) atoms. The molecule has 0 aromatic heterocycles. The minimum absolute atomic E-state index is 0.0418. The van der Waals surface area contributed by atoms with Gasteiger partial charge in [-0.3, -0.25) is 4.79 Å². The van der Waals surface area contributed by atoms with Crippen LogP contribution in [0.25, 0.3) is 12.2 Å². The highest BCUT2D eigenvalue weighted by molar-refractivity contribution is 5.72. The zero-order valence-corrected chi connectivity index (χ0v) is 18.1. The Morgan fingerprint density at radius 1 is 0.812 bits per heavy atom. The molecule has 0 radical (unpaired) electrons. The molecular weight excluding hydrogens is 404 g/mol. The molecule has 0 N–H and O–H groups in total. The van der Waals surface area contributed by atoms with Crippen LogP contribution in [0, 0.1) is 0 Å². The fourth-order valence-corrected chi connectivity index (χ4v) is 2.95. The van der Waals surface area contributed by atoms with Gasteiger partial charge < -0.3 is 18.9 Å². The monoisotopic (exact) mass is 430 g/mol. The minimum Gasteiger partial charge on any atom is -0.493 e. The molecule has 164 valence electrons. The number of hydrogen-bond acceptors (Lipinski definition) is 5. The van der Waals surface area contributed by atoms with E-state index in [1.54, 1.807) is 37.5 Å². The highest BCUT2D eigenvalue weighted by Crippen LogP contribution is 2.29. The second kappa shape index (κ2) is 11.4. The molecular formula is C27H26O5. The normalized spacial score (nSPS) is 10.2. The summed E-state index contributed by atoms with van der Waals surface area (Å²) >= 11 is 0. The summed E-state index contributed by atoms with van der Waals surface area (Å²) in [7, 11) is 1.57. The molecule has 0 aliphatic heterocycles. The summed E-state index contributed by atoms with van der Waals surface area (Å²) in [6.45, 7) is 7.47. The van der Waals surface area contributed by atoms with E-state index < -0.39 is 0 Å². The molecule has 0 spiro atoms. The molecule has 0 aliphatic carbocycles. The van der Waals surface area contributed by atoms with Crippen molar-refractivity contribution in [2.24, 2.45) is 0 Å². The highest BCUT2D eigenvalue weighted by Gasteiger charge is 2.10. The van der Waals surface area contributed by atoms with Gasteiger partial charge in [-0.05, 0) is 59.5 Å². The van der Waals surface area contributed by atoms with Gasteiger partial charge >= 0.3 is 5.97 Å². The third kappa shape index (κ3) is 6.51. The lowest BCUT2D eigenvalue weighted by atomic mass is 10.1. The van der Waals surface area contributed by atoms with Crippen LogP contribution in [-0.2, 0) is 11.2 Å². The maximum Gasteiger partial charge on any atom is 0.311 e. The molecule has 0 heterocycles. The average Bonchev–Trinajstić information content (AvgIpc) is 2.84. The SMILES string of the molecule is C=Cc1ccc(OCOc2ccc(CCC(=O)Oc3ccc(C=C)cc3)cc2OC)cc1. The van der Waals surface area contributed by atoms with E-state index in [9.17, 15) is 4.79 Å². The summed E-state index contributed by atoms with van der Waals surface area (Å²) in [5, 5.41) is 0. The van der Waals surface area contributed by atoms with Gasteiger partial charge in [-0.1, -0.05) is 55.6 Å². The van der Waals surface area contributed by atoms with Crippen molar-refractivity contribution >= 4 is 18.1 Å². The van der Waals surface area contributed by atoms with Gasteiger partial charge in [0.25, 0.3) is 0 Å². The first kappa shape index (κ1) is 22.7. The van der Waals surface area contributed by atoms with Crippen LogP contribution in [0.2, 0.25) is 0 Å². The zero-order chi connectivity index (χ0) is 22.8. The van der Waals surface area contributed by atoms with Crippen molar-refractivity contribution in [1.29, 1.82) is 0 Å². The Balaban J connectivity index is 1.50. The molecule has 0 fully saturated rings. The highest BCUT2D eigenvalue weighted by atomic mass is 16.7. The van der Waals surface area contributed by atoms with E-state index in [0.717, 1.165) is 16.7 Å². The molecule has 3 rings (SSSR count). The maximum atomic E-state index is 12.2. The van der Waals surface area contributed by atoms with Crippen molar-refractivity contribution in [2.45, 2.75) is 12.8 Å². The van der Waals surface area contributed by atoms with Gasteiger partial charge in [0.15, 0.2) is 11.5 Å². The Hall–Kier alpha value is -3.99. The summed E-state index contributed by atoms with van der Waals surface area (Å²) in [6, 6.07) is 20.3. The largest absolute Gasteiger partial charge is 0.493 e. The van der Waals surface area contributed by atoms with Crippen LogP contribution < -0.4 is 18.9 Å². The number of esters is 1. The van der Waals surface area contributed by atoms with E-state index in [2.05, 4.69) is 13.2 Å². The van der Waals surface area contributed by atoms with Crippen LogP contribution in [0.4, 0.5) is 0 Å². The Bertz CT molecular complexity index is 1050. The van der Waals surface area contributed by atoms with Crippen LogP contribution in [0.15, 0.2) is 79.9 Å². The van der Waals surface area contributed by atoms with Crippen LogP contribution in [-0.4, -0.2) is 19.9 Å². The number of rotatable bonds is 11. The van der Waals surface area contributed by atoms with Gasteiger partial charge in [0.1, 0.15) is 11.5 Å². The minimum atomic E-state index is -0.300. The number of hydrogen-bond donors (Lipinski definition) is 0. The Morgan fingerprint density at radius 3 is 2.03 bits per heavy atom. The van der Waals surface area contributed by atoms with Crippen molar-refractivity contribution in [1.82, 2.24) is 0 Å². The molecule has 3 aromatic carbocycles. The summed E-state index contributed by atoms with van der Waals surface area (Å²) in [5.41, 5.74) is 2.93. The first-order valence-electron chi connectivity index (χ1n) is 10.2. The third-order valence-corrected chi connectivity index (χ3v) is 4.75. The second-order valence-electron chi connectivity index (χ2n) is 6.91. The number of carbonyl (C=O) groups is 1. The van der Waals surface area contributed by atoms with Gasteiger partial charge in [-0.25, -0.2) is 0 Å². The second-order valence-corrected chi connectivity index (χ2v) is 6.91. The Labute approximate surface area is 188 Å². The van der Waals surface area contributed by atoms with E-state index in [0.29, 0.717) is 29.4 Å². The third-order valence-electron chi connectivity index (χ3n) is 4.75. The van der Waals surface area contributed by atoms with Crippen LogP contribution in [0.3, 0.4) is 0 Å². The molecule has 3 aromatic rings. The molecule has 0 saturated carbocycles. The van der Waals surface area contributed by atoms with Crippen LogP contribution in [0.1, 0.15) is 23.1 Å². The van der Waals surface area contributed by atoms with E-state index in [1.165, 1.54) is 0 Å². The quantitative estimate of drug-likeness (QED) is 0.214. The molecule has 0 amide bonds. The van der Waals surface area contributed by atoms with Gasteiger partial charge in [-0.2, -0.15) is 0 Å². The molecule has 5 nitrogen and oxygen atoms in total. The zero-order valence-electron chi connectivity index (χ0n) is 18.1. The van der Waals surface area contributed by atoms with E-state index >= 15 is 0 Å². The lowest BCUT2D eigenvalue weighted by Crippen LogP contribution is -2.09. The summed E-state index contributed by atoms with van der Waals surface area (Å²) in [4.78, 5) is 12.2. The van der Waals surface area contributed by atoms with Crippen molar-refractivity contribution in [3.63, 3.8) is 0 Å². The lowest BCUT2D eigenvalue weighted by molar-refractivity contribution is -0.134. The number of aryl methyl sites for hydroxylation is 1.